The molecule has 0 spiro atoms. The fourth-order valence-corrected chi connectivity index (χ4v) is 4.30. The normalized spacial score (nSPS) is 13.8. The van der Waals surface area contributed by atoms with E-state index < -0.39 is 0 Å². The third-order valence-corrected chi connectivity index (χ3v) is 6.09. The van der Waals surface area contributed by atoms with Gasteiger partial charge in [-0.3, -0.25) is 0 Å². The van der Waals surface area contributed by atoms with E-state index in [1.807, 2.05) is 35.1 Å². The minimum atomic E-state index is 0.778. The Morgan fingerprint density at radius 2 is 1.65 bits per heavy atom. The summed E-state index contributed by atoms with van der Waals surface area (Å²) in [6.45, 7) is 3.40. The maximum atomic E-state index is 5.46. The molecule has 3 aromatic carbocycles. The first-order valence-electron chi connectivity index (χ1n) is 11.4. The average Bonchev–Trinajstić information content (AvgIpc) is 3.45. The van der Waals surface area contributed by atoms with Crippen LogP contribution in [0.2, 0.25) is 0 Å². The van der Waals surface area contributed by atoms with Crippen LogP contribution < -0.4 is 10.2 Å². The number of rotatable bonds is 5. The molecule has 34 heavy (non-hydrogen) atoms. The molecule has 1 aliphatic heterocycles. The van der Waals surface area contributed by atoms with Crippen LogP contribution in [0.5, 0.6) is 0 Å². The molecule has 3 heterocycles. The molecule has 7 heteroatoms. The number of anilines is 3. The zero-order chi connectivity index (χ0) is 22.7. The lowest BCUT2D eigenvalue weighted by atomic mass is 10.0. The Labute approximate surface area is 197 Å². The van der Waals surface area contributed by atoms with Gasteiger partial charge in [-0.25, -0.2) is 14.6 Å². The molecule has 0 unspecified atom stereocenters. The van der Waals surface area contributed by atoms with E-state index >= 15 is 0 Å². The lowest BCUT2D eigenvalue weighted by Gasteiger charge is -2.28. The van der Waals surface area contributed by atoms with Crippen LogP contribution in [0.1, 0.15) is 0 Å². The molecule has 1 fully saturated rings. The second-order valence-electron chi connectivity index (χ2n) is 8.23. The quantitative estimate of drug-likeness (QED) is 0.405. The van der Waals surface area contributed by atoms with Gasteiger partial charge in [-0.2, -0.15) is 5.10 Å². The van der Waals surface area contributed by atoms with Gasteiger partial charge in [-0.05, 0) is 65.7 Å². The van der Waals surface area contributed by atoms with E-state index in [1.54, 1.807) is 12.5 Å². The van der Waals surface area contributed by atoms with Crippen molar-refractivity contribution in [2.24, 2.45) is 0 Å². The summed E-state index contributed by atoms with van der Waals surface area (Å²) >= 11 is 0. The highest BCUT2D eigenvalue weighted by Gasteiger charge is 2.12. The van der Waals surface area contributed by atoms with Gasteiger partial charge in [0.05, 0.1) is 24.4 Å². The Balaban J connectivity index is 1.30. The van der Waals surface area contributed by atoms with Crippen molar-refractivity contribution < 1.29 is 4.74 Å². The molecule has 1 saturated heterocycles. The topological polar surface area (TPSA) is 68.1 Å². The minimum absolute atomic E-state index is 0.778. The molecular weight excluding hydrogens is 424 g/mol. The highest BCUT2D eigenvalue weighted by molar-refractivity contribution is 5.94. The van der Waals surface area contributed by atoms with Crippen molar-refractivity contribution in [3.8, 4) is 16.8 Å². The lowest BCUT2D eigenvalue weighted by molar-refractivity contribution is 0.122. The smallest absolute Gasteiger partial charge is 0.141 e. The van der Waals surface area contributed by atoms with E-state index in [2.05, 4.69) is 73.8 Å². The fraction of sp³-hybridized carbons (Fsp3) is 0.148. The number of fused-ring (bicyclic) bond motifs is 1. The molecular formula is C27H24N6O. The Kier molecular flexibility index (Phi) is 5.37. The second-order valence-corrected chi connectivity index (χ2v) is 8.23. The predicted octanol–water partition coefficient (Wildman–Crippen LogP) is 5.06. The van der Waals surface area contributed by atoms with Gasteiger partial charge in [0, 0.05) is 42.2 Å². The molecule has 0 amide bonds. The third kappa shape index (κ3) is 4.09. The molecule has 0 aliphatic carbocycles. The average molecular weight is 449 g/mol. The molecule has 0 saturated carbocycles. The van der Waals surface area contributed by atoms with Crippen molar-refractivity contribution in [3.63, 3.8) is 0 Å². The second kappa shape index (κ2) is 8.96. The molecule has 0 radical (unpaired) electrons. The van der Waals surface area contributed by atoms with Crippen LogP contribution in [0.4, 0.5) is 17.2 Å². The standard InChI is InChI=1S/C27H24N6O/c1-3-20(17-24(4-1)33-12-2-11-30-33)21-5-10-26-25(18-21)27(29-19-28-26)31-22-6-8-23(9-7-22)32-13-15-34-16-14-32/h1-12,17-19H,13-16H2,(H,28,29,31). The highest BCUT2D eigenvalue weighted by atomic mass is 16.5. The molecule has 0 atom stereocenters. The molecule has 6 rings (SSSR count). The summed E-state index contributed by atoms with van der Waals surface area (Å²) in [7, 11) is 0. The highest BCUT2D eigenvalue weighted by Crippen LogP contribution is 2.30. The maximum Gasteiger partial charge on any atom is 0.141 e. The SMILES string of the molecule is c1cc(-c2ccc3ncnc(Nc4ccc(N5CCOCC5)cc4)c3c2)cc(-n2cccn2)c1. The van der Waals surface area contributed by atoms with Crippen LogP contribution in [0.15, 0.2) is 91.5 Å². The van der Waals surface area contributed by atoms with Crippen molar-refractivity contribution in [2.75, 3.05) is 36.5 Å². The van der Waals surface area contributed by atoms with Gasteiger partial charge in [0.2, 0.25) is 0 Å². The molecule has 2 aromatic heterocycles. The Hall–Kier alpha value is -4.23. The third-order valence-electron chi connectivity index (χ3n) is 6.09. The number of nitrogens with one attached hydrogen (secondary N) is 1. The molecule has 0 bridgehead atoms. The zero-order valence-corrected chi connectivity index (χ0v) is 18.6. The lowest BCUT2D eigenvalue weighted by Crippen LogP contribution is -2.36. The first-order valence-corrected chi connectivity index (χ1v) is 11.4. The van der Waals surface area contributed by atoms with Crippen molar-refractivity contribution in [1.82, 2.24) is 19.7 Å². The van der Waals surface area contributed by atoms with Crippen molar-refractivity contribution in [1.29, 1.82) is 0 Å². The van der Waals surface area contributed by atoms with E-state index in [0.29, 0.717) is 0 Å². The van der Waals surface area contributed by atoms with Crippen molar-refractivity contribution in [3.05, 3.63) is 91.5 Å². The summed E-state index contributed by atoms with van der Waals surface area (Å²) in [5.41, 5.74) is 6.32. The largest absolute Gasteiger partial charge is 0.378 e. The molecule has 168 valence electrons. The Morgan fingerprint density at radius 1 is 0.794 bits per heavy atom. The Morgan fingerprint density at radius 3 is 2.47 bits per heavy atom. The first-order chi connectivity index (χ1) is 16.8. The molecule has 1 N–H and O–H groups in total. The summed E-state index contributed by atoms with van der Waals surface area (Å²) in [4.78, 5) is 11.4. The van der Waals surface area contributed by atoms with Gasteiger partial charge < -0.3 is 15.0 Å². The number of aromatic nitrogens is 4. The van der Waals surface area contributed by atoms with Crippen LogP contribution in [-0.4, -0.2) is 46.1 Å². The van der Waals surface area contributed by atoms with Crippen LogP contribution >= 0.6 is 0 Å². The van der Waals surface area contributed by atoms with E-state index in [-0.39, 0.29) is 0 Å². The van der Waals surface area contributed by atoms with Crippen LogP contribution in [-0.2, 0) is 4.74 Å². The number of morpholine rings is 1. The maximum absolute atomic E-state index is 5.46. The van der Waals surface area contributed by atoms with Crippen LogP contribution in [0.3, 0.4) is 0 Å². The predicted molar refractivity (Wildman–Crippen MR) is 135 cm³/mol. The van der Waals surface area contributed by atoms with Crippen molar-refractivity contribution >= 4 is 28.1 Å². The molecule has 1 aliphatic rings. The Bertz CT molecular complexity index is 1410. The van der Waals surface area contributed by atoms with E-state index in [0.717, 1.165) is 65.5 Å². The summed E-state index contributed by atoms with van der Waals surface area (Å²) in [5, 5.41) is 8.80. The zero-order valence-electron chi connectivity index (χ0n) is 18.6. The van der Waals surface area contributed by atoms with E-state index in [1.165, 1.54) is 5.69 Å². The summed E-state index contributed by atoms with van der Waals surface area (Å²) < 4.78 is 7.32. The molecule has 5 aromatic rings. The number of ether oxygens (including phenoxy) is 1. The van der Waals surface area contributed by atoms with Crippen LogP contribution in [0.25, 0.3) is 27.7 Å². The van der Waals surface area contributed by atoms with Gasteiger partial charge in [0.25, 0.3) is 0 Å². The summed E-state index contributed by atoms with van der Waals surface area (Å²) in [6.07, 6.45) is 5.33. The first kappa shape index (κ1) is 20.4. The van der Waals surface area contributed by atoms with Crippen molar-refractivity contribution in [2.45, 2.75) is 0 Å². The monoisotopic (exact) mass is 448 g/mol. The summed E-state index contributed by atoms with van der Waals surface area (Å²) in [6, 6.07) is 25.0. The number of benzene rings is 3. The fourth-order valence-electron chi connectivity index (χ4n) is 4.30. The van der Waals surface area contributed by atoms with Gasteiger partial charge in [0.1, 0.15) is 12.1 Å². The van der Waals surface area contributed by atoms with Gasteiger partial charge in [0.15, 0.2) is 0 Å². The number of hydrogen-bond donors (Lipinski definition) is 1. The van der Waals surface area contributed by atoms with E-state index in [4.69, 9.17) is 4.74 Å². The molecule has 7 nitrogen and oxygen atoms in total. The van der Waals surface area contributed by atoms with Gasteiger partial charge >= 0.3 is 0 Å². The minimum Gasteiger partial charge on any atom is -0.378 e. The van der Waals surface area contributed by atoms with Gasteiger partial charge in [-0.15, -0.1) is 0 Å². The van der Waals surface area contributed by atoms with Gasteiger partial charge in [-0.1, -0.05) is 18.2 Å². The number of nitrogens with zero attached hydrogens (tertiary/aromatic N) is 5. The summed E-state index contributed by atoms with van der Waals surface area (Å²) in [5.74, 6) is 0.786. The van der Waals surface area contributed by atoms with Crippen LogP contribution in [0, 0.1) is 0 Å². The van der Waals surface area contributed by atoms with E-state index in [9.17, 15) is 0 Å². The number of hydrogen-bond acceptors (Lipinski definition) is 6.